The summed E-state index contributed by atoms with van der Waals surface area (Å²) in [6.07, 6.45) is 4.68. The lowest BCUT2D eigenvalue weighted by Crippen LogP contribution is -2.28. The van der Waals surface area contributed by atoms with Crippen LogP contribution in [-0.2, 0) is 11.3 Å². The SMILES string of the molecule is Cc1nc2ccc(Cl)cn2c1C(=O)N/N=C\c1ccc(OCC(=O)NCc2ccco2)cc1. The molecule has 0 atom stereocenters. The number of halogens is 1. The number of nitrogens with zero attached hydrogens (tertiary/aromatic N) is 3. The molecule has 4 aromatic rings. The van der Waals surface area contributed by atoms with Crippen LogP contribution in [0.15, 0.2) is 70.5 Å². The predicted molar refractivity (Wildman–Crippen MR) is 122 cm³/mol. The second-order valence-corrected chi connectivity index (χ2v) is 7.47. The van der Waals surface area contributed by atoms with Crippen LogP contribution >= 0.6 is 11.6 Å². The van der Waals surface area contributed by atoms with Crippen LogP contribution in [0.4, 0.5) is 0 Å². The van der Waals surface area contributed by atoms with Crippen molar-refractivity contribution in [1.82, 2.24) is 20.1 Å². The second-order valence-electron chi connectivity index (χ2n) is 7.03. The molecule has 0 aliphatic heterocycles. The minimum atomic E-state index is -0.404. The zero-order chi connectivity index (χ0) is 23.2. The summed E-state index contributed by atoms with van der Waals surface area (Å²) in [6, 6.07) is 13.9. The summed E-state index contributed by atoms with van der Waals surface area (Å²) in [5, 5.41) is 7.21. The molecule has 0 bridgehead atoms. The van der Waals surface area contributed by atoms with Gasteiger partial charge in [0.2, 0.25) is 0 Å². The summed E-state index contributed by atoms with van der Waals surface area (Å²) < 4.78 is 12.2. The Labute approximate surface area is 194 Å². The number of rotatable bonds is 8. The number of amides is 2. The van der Waals surface area contributed by atoms with Gasteiger partial charge in [0.25, 0.3) is 11.8 Å². The molecular weight excluding hydrogens is 446 g/mol. The lowest BCUT2D eigenvalue weighted by atomic mass is 10.2. The molecule has 3 heterocycles. The van der Waals surface area contributed by atoms with Gasteiger partial charge in [-0.05, 0) is 61.0 Å². The highest BCUT2D eigenvalue weighted by Crippen LogP contribution is 2.16. The molecule has 2 N–H and O–H groups in total. The third-order valence-corrected chi connectivity index (χ3v) is 4.87. The van der Waals surface area contributed by atoms with Crippen LogP contribution < -0.4 is 15.5 Å². The van der Waals surface area contributed by atoms with Crippen molar-refractivity contribution in [3.8, 4) is 5.75 Å². The first-order valence-electron chi connectivity index (χ1n) is 9.99. The average Bonchev–Trinajstić information content (AvgIpc) is 3.44. The fourth-order valence-corrected chi connectivity index (χ4v) is 3.24. The number of nitrogens with one attached hydrogen (secondary N) is 2. The van der Waals surface area contributed by atoms with Crippen molar-refractivity contribution in [1.29, 1.82) is 0 Å². The third-order valence-electron chi connectivity index (χ3n) is 4.64. The number of aryl methyl sites for hydroxylation is 1. The largest absolute Gasteiger partial charge is 0.484 e. The Balaban J connectivity index is 1.29. The van der Waals surface area contributed by atoms with Crippen molar-refractivity contribution in [3.63, 3.8) is 0 Å². The van der Waals surface area contributed by atoms with Gasteiger partial charge >= 0.3 is 0 Å². The van der Waals surface area contributed by atoms with Gasteiger partial charge < -0.3 is 14.5 Å². The van der Waals surface area contributed by atoms with E-state index in [2.05, 4.69) is 20.8 Å². The van der Waals surface area contributed by atoms with Gasteiger partial charge in [-0.25, -0.2) is 10.4 Å². The van der Waals surface area contributed by atoms with Crippen LogP contribution in [0.2, 0.25) is 5.02 Å². The minimum Gasteiger partial charge on any atom is -0.484 e. The summed E-state index contributed by atoms with van der Waals surface area (Å²) in [5.74, 6) is 0.532. The Hall–Kier alpha value is -4.11. The maximum atomic E-state index is 12.6. The number of pyridine rings is 1. The molecule has 0 saturated heterocycles. The fourth-order valence-electron chi connectivity index (χ4n) is 3.08. The molecule has 0 spiro atoms. The lowest BCUT2D eigenvalue weighted by Gasteiger charge is -2.07. The van der Waals surface area contributed by atoms with Crippen LogP contribution in [0.5, 0.6) is 5.75 Å². The molecule has 3 aromatic heterocycles. The number of hydrazone groups is 1. The summed E-state index contributed by atoms with van der Waals surface area (Å²) in [5.41, 5.74) is 4.79. The average molecular weight is 466 g/mol. The van der Waals surface area contributed by atoms with E-state index >= 15 is 0 Å². The number of hydrogen-bond donors (Lipinski definition) is 2. The molecule has 33 heavy (non-hydrogen) atoms. The van der Waals surface area contributed by atoms with Crippen LogP contribution in [0.25, 0.3) is 5.65 Å². The Morgan fingerprint density at radius 3 is 2.79 bits per heavy atom. The topological polar surface area (TPSA) is 110 Å². The van der Waals surface area contributed by atoms with E-state index in [0.29, 0.717) is 40.1 Å². The monoisotopic (exact) mass is 465 g/mol. The standard InChI is InChI=1S/C23H20ClN5O4/c1-15-22(29-13-17(24)6-9-20(29)27-15)23(31)28-26-11-16-4-7-18(8-5-16)33-14-21(30)25-12-19-3-2-10-32-19/h2-11,13H,12,14H2,1H3,(H,25,30)(H,28,31)/b26-11-. The van der Waals surface area contributed by atoms with Crippen LogP contribution in [0, 0.1) is 6.92 Å². The molecule has 168 valence electrons. The van der Waals surface area contributed by atoms with Crippen LogP contribution in [-0.4, -0.2) is 34.0 Å². The number of furan rings is 1. The van der Waals surface area contributed by atoms with E-state index in [1.165, 1.54) is 6.21 Å². The van der Waals surface area contributed by atoms with Gasteiger partial charge in [-0.2, -0.15) is 5.10 Å². The zero-order valence-electron chi connectivity index (χ0n) is 17.6. The molecule has 9 nitrogen and oxygen atoms in total. The molecule has 0 radical (unpaired) electrons. The Morgan fingerprint density at radius 1 is 1.21 bits per heavy atom. The number of ether oxygens (including phenoxy) is 1. The van der Waals surface area contributed by atoms with Crippen molar-refractivity contribution in [3.05, 3.63) is 88.7 Å². The van der Waals surface area contributed by atoms with Gasteiger partial charge in [0.05, 0.1) is 29.7 Å². The van der Waals surface area contributed by atoms with Gasteiger partial charge in [-0.3, -0.25) is 14.0 Å². The number of fused-ring (bicyclic) bond motifs is 1. The molecule has 0 saturated carbocycles. The summed E-state index contributed by atoms with van der Waals surface area (Å²) in [7, 11) is 0. The van der Waals surface area contributed by atoms with Crippen molar-refractivity contribution in [2.75, 3.05) is 6.61 Å². The first-order chi connectivity index (χ1) is 16.0. The summed E-state index contributed by atoms with van der Waals surface area (Å²) in [6.45, 7) is 1.93. The molecule has 0 aliphatic rings. The van der Waals surface area contributed by atoms with Crippen molar-refractivity contribution in [2.45, 2.75) is 13.5 Å². The Kier molecular flexibility index (Phi) is 6.70. The molecule has 10 heteroatoms. The number of carbonyl (C=O) groups is 2. The quantitative estimate of drug-likeness (QED) is 0.306. The fraction of sp³-hybridized carbons (Fsp3) is 0.130. The van der Waals surface area contributed by atoms with Gasteiger partial charge in [0, 0.05) is 6.20 Å². The number of benzene rings is 1. The van der Waals surface area contributed by atoms with E-state index in [0.717, 1.165) is 5.56 Å². The van der Waals surface area contributed by atoms with Crippen molar-refractivity contribution >= 4 is 35.3 Å². The molecule has 2 amide bonds. The summed E-state index contributed by atoms with van der Waals surface area (Å²) >= 11 is 6.03. The Morgan fingerprint density at radius 2 is 2.03 bits per heavy atom. The third kappa shape index (κ3) is 5.58. The maximum Gasteiger partial charge on any atom is 0.290 e. The normalized spacial score (nSPS) is 11.1. The molecular formula is C23H20ClN5O4. The van der Waals surface area contributed by atoms with Crippen molar-refractivity contribution in [2.24, 2.45) is 5.10 Å². The van der Waals surface area contributed by atoms with Gasteiger partial charge in [-0.1, -0.05) is 11.6 Å². The number of aromatic nitrogens is 2. The van der Waals surface area contributed by atoms with Gasteiger partial charge in [-0.15, -0.1) is 0 Å². The molecule has 1 aromatic carbocycles. The highest BCUT2D eigenvalue weighted by Gasteiger charge is 2.16. The first kappa shape index (κ1) is 22.1. The van der Waals surface area contributed by atoms with Crippen LogP contribution in [0.1, 0.15) is 27.5 Å². The first-order valence-corrected chi connectivity index (χ1v) is 10.4. The molecule has 0 fully saturated rings. The molecule has 4 rings (SSSR count). The van der Waals surface area contributed by atoms with Gasteiger partial charge in [0.1, 0.15) is 22.9 Å². The predicted octanol–water partition coefficient (Wildman–Crippen LogP) is 3.35. The van der Waals surface area contributed by atoms with Gasteiger partial charge in [0.15, 0.2) is 6.61 Å². The number of imidazole rings is 1. The van der Waals surface area contributed by atoms with E-state index in [1.54, 1.807) is 72.3 Å². The van der Waals surface area contributed by atoms with E-state index in [-0.39, 0.29) is 12.5 Å². The van der Waals surface area contributed by atoms with E-state index in [4.69, 9.17) is 20.8 Å². The number of hydrogen-bond acceptors (Lipinski definition) is 6. The second kappa shape index (κ2) is 10.0. The molecule has 0 aliphatic carbocycles. The van der Waals surface area contributed by atoms with E-state index < -0.39 is 5.91 Å². The van der Waals surface area contributed by atoms with E-state index in [9.17, 15) is 9.59 Å². The highest BCUT2D eigenvalue weighted by atomic mass is 35.5. The minimum absolute atomic E-state index is 0.118. The van der Waals surface area contributed by atoms with Crippen LogP contribution in [0.3, 0.4) is 0 Å². The Bertz CT molecular complexity index is 1300. The molecule has 0 unspecified atom stereocenters. The number of carbonyl (C=O) groups excluding carboxylic acids is 2. The maximum absolute atomic E-state index is 12.6. The van der Waals surface area contributed by atoms with E-state index in [1.807, 2.05) is 0 Å². The lowest BCUT2D eigenvalue weighted by molar-refractivity contribution is -0.123. The smallest absolute Gasteiger partial charge is 0.290 e. The zero-order valence-corrected chi connectivity index (χ0v) is 18.4. The van der Waals surface area contributed by atoms with Crippen molar-refractivity contribution < 1.29 is 18.7 Å². The summed E-state index contributed by atoms with van der Waals surface area (Å²) in [4.78, 5) is 28.8. The highest BCUT2D eigenvalue weighted by molar-refractivity contribution is 6.30.